The first-order valence-electron chi connectivity index (χ1n) is 6.22. The van der Waals surface area contributed by atoms with Crippen molar-refractivity contribution in [2.24, 2.45) is 0 Å². The Morgan fingerprint density at radius 3 is 1.71 bits per heavy atom. The standard InChI is InChI=1S/C9H16.C5H6S.C2H6/c1-7(2)6-9(5)8(3)4;1-5-3-2-4-6-5;1-2/h6H,1-5H3;2-4H,1H3;1-2H3. The second-order valence-electron chi connectivity index (χ2n) is 4.13. The molecule has 1 aromatic rings. The second kappa shape index (κ2) is 11.7. The molecule has 98 valence electrons. The summed E-state index contributed by atoms with van der Waals surface area (Å²) in [7, 11) is 0. The summed E-state index contributed by atoms with van der Waals surface area (Å²) in [6.07, 6.45) is 2.20. The minimum Gasteiger partial charge on any atom is -0.149 e. The van der Waals surface area contributed by atoms with Gasteiger partial charge in [0, 0.05) is 4.88 Å². The maximum absolute atomic E-state index is 2.20. The van der Waals surface area contributed by atoms with E-state index in [1.54, 1.807) is 11.3 Å². The van der Waals surface area contributed by atoms with Crippen molar-refractivity contribution in [3.63, 3.8) is 0 Å². The molecule has 1 rings (SSSR count). The van der Waals surface area contributed by atoms with E-state index in [2.05, 4.69) is 65.1 Å². The van der Waals surface area contributed by atoms with Crippen LogP contribution >= 0.6 is 11.3 Å². The average Bonchev–Trinajstić information content (AvgIpc) is 2.72. The molecule has 0 aromatic carbocycles. The van der Waals surface area contributed by atoms with E-state index in [0.29, 0.717) is 0 Å². The lowest BCUT2D eigenvalue weighted by molar-refractivity contribution is 1.26. The average molecular weight is 252 g/mol. The van der Waals surface area contributed by atoms with Gasteiger partial charge in [0.15, 0.2) is 0 Å². The molecule has 0 N–H and O–H groups in total. The van der Waals surface area contributed by atoms with Crippen molar-refractivity contribution in [3.8, 4) is 0 Å². The summed E-state index contributed by atoms with van der Waals surface area (Å²) in [6.45, 7) is 16.7. The zero-order chi connectivity index (χ0) is 13.8. The predicted octanol–water partition coefficient (Wildman–Crippen LogP) is 6.39. The Balaban J connectivity index is 0. The zero-order valence-electron chi connectivity index (χ0n) is 12.7. The van der Waals surface area contributed by atoms with Crippen LogP contribution in [0.3, 0.4) is 0 Å². The van der Waals surface area contributed by atoms with E-state index in [1.165, 1.54) is 21.6 Å². The van der Waals surface area contributed by atoms with Crippen molar-refractivity contribution < 1.29 is 0 Å². The number of allylic oxidation sites excluding steroid dienone is 4. The third-order valence-electron chi connectivity index (χ3n) is 1.96. The van der Waals surface area contributed by atoms with E-state index >= 15 is 0 Å². The molecule has 1 heteroatoms. The quantitative estimate of drug-likeness (QED) is 0.508. The Morgan fingerprint density at radius 2 is 1.59 bits per heavy atom. The fourth-order valence-corrected chi connectivity index (χ4v) is 1.47. The number of hydrogen-bond acceptors (Lipinski definition) is 1. The van der Waals surface area contributed by atoms with Crippen LogP contribution < -0.4 is 0 Å². The molecule has 0 bridgehead atoms. The summed E-state index contributed by atoms with van der Waals surface area (Å²) in [5.41, 5.74) is 4.15. The Morgan fingerprint density at radius 1 is 1.06 bits per heavy atom. The van der Waals surface area contributed by atoms with Crippen LogP contribution in [-0.2, 0) is 0 Å². The highest BCUT2D eigenvalue weighted by Gasteiger charge is 1.84. The van der Waals surface area contributed by atoms with Crippen LogP contribution in [0, 0.1) is 6.92 Å². The lowest BCUT2D eigenvalue weighted by Crippen LogP contribution is -1.74. The number of aryl methyl sites for hydroxylation is 1. The highest BCUT2D eigenvalue weighted by Crippen LogP contribution is 2.05. The summed E-state index contributed by atoms with van der Waals surface area (Å²) >= 11 is 1.78. The van der Waals surface area contributed by atoms with E-state index in [0.717, 1.165) is 0 Å². The van der Waals surface area contributed by atoms with Crippen LogP contribution in [-0.4, -0.2) is 0 Å². The second-order valence-corrected chi connectivity index (χ2v) is 5.28. The minimum atomic E-state index is 1.37. The lowest BCUT2D eigenvalue weighted by atomic mass is 10.1. The van der Waals surface area contributed by atoms with Gasteiger partial charge in [-0.1, -0.05) is 42.7 Å². The van der Waals surface area contributed by atoms with Gasteiger partial charge in [-0.2, -0.15) is 0 Å². The van der Waals surface area contributed by atoms with Crippen LogP contribution in [0.4, 0.5) is 0 Å². The summed E-state index contributed by atoms with van der Waals surface area (Å²) < 4.78 is 0. The molecule has 0 radical (unpaired) electrons. The number of rotatable bonds is 1. The molecular formula is C16H28S. The van der Waals surface area contributed by atoms with Gasteiger partial charge in [0.2, 0.25) is 0 Å². The van der Waals surface area contributed by atoms with Gasteiger partial charge in [0.1, 0.15) is 0 Å². The molecule has 0 fully saturated rings. The maximum atomic E-state index is 2.20. The van der Waals surface area contributed by atoms with E-state index in [1.807, 2.05) is 13.8 Å². The highest BCUT2D eigenvalue weighted by atomic mass is 32.1. The lowest BCUT2D eigenvalue weighted by Gasteiger charge is -1.95. The van der Waals surface area contributed by atoms with Crippen molar-refractivity contribution in [1.82, 2.24) is 0 Å². The van der Waals surface area contributed by atoms with E-state index in [9.17, 15) is 0 Å². The van der Waals surface area contributed by atoms with Crippen LogP contribution in [0.2, 0.25) is 0 Å². The first-order chi connectivity index (χ1) is 7.93. The molecule has 0 unspecified atom stereocenters. The first kappa shape index (κ1) is 18.5. The molecule has 0 aliphatic carbocycles. The van der Waals surface area contributed by atoms with Crippen LogP contribution in [0.15, 0.2) is 40.3 Å². The zero-order valence-corrected chi connectivity index (χ0v) is 13.5. The molecule has 0 aliphatic rings. The number of hydrogen-bond donors (Lipinski definition) is 0. The predicted molar refractivity (Wildman–Crippen MR) is 83.9 cm³/mol. The topological polar surface area (TPSA) is 0 Å². The van der Waals surface area contributed by atoms with Crippen LogP contribution in [0.5, 0.6) is 0 Å². The summed E-state index contributed by atoms with van der Waals surface area (Å²) in [5, 5.41) is 2.08. The molecule has 0 saturated carbocycles. The highest BCUT2D eigenvalue weighted by molar-refractivity contribution is 7.09. The van der Waals surface area contributed by atoms with Crippen molar-refractivity contribution >= 4 is 11.3 Å². The van der Waals surface area contributed by atoms with Gasteiger partial charge in [0.25, 0.3) is 0 Å². The molecule has 1 aromatic heterocycles. The Bertz CT molecular complexity index is 318. The van der Waals surface area contributed by atoms with Crippen molar-refractivity contribution in [1.29, 1.82) is 0 Å². The van der Waals surface area contributed by atoms with Gasteiger partial charge in [-0.15, -0.1) is 11.3 Å². The summed E-state index contributed by atoms with van der Waals surface area (Å²) in [4.78, 5) is 1.38. The maximum Gasteiger partial charge on any atom is 0.00141 e. The van der Waals surface area contributed by atoms with Gasteiger partial charge >= 0.3 is 0 Å². The SMILES string of the molecule is CC.CC(C)=CC(C)=C(C)C.Cc1cccs1. The van der Waals surface area contributed by atoms with Crippen LogP contribution in [0.1, 0.15) is 53.3 Å². The minimum absolute atomic E-state index is 1.37. The number of thiophene rings is 1. The van der Waals surface area contributed by atoms with Crippen molar-refractivity contribution in [3.05, 3.63) is 45.2 Å². The first-order valence-corrected chi connectivity index (χ1v) is 7.10. The molecule has 1 heterocycles. The fraction of sp³-hybridized carbons (Fsp3) is 0.500. The molecule has 0 atom stereocenters. The van der Waals surface area contributed by atoms with Gasteiger partial charge in [-0.05, 0) is 53.0 Å². The molecule has 0 spiro atoms. The Kier molecular flexibility index (Phi) is 12.7. The molecular weight excluding hydrogens is 224 g/mol. The third-order valence-corrected chi connectivity index (χ3v) is 2.76. The van der Waals surface area contributed by atoms with Gasteiger partial charge in [-0.25, -0.2) is 0 Å². The molecule has 0 aliphatic heterocycles. The van der Waals surface area contributed by atoms with E-state index in [-0.39, 0.29) is 0 Å². The molecule has 17 heavy (non-hydrogen) atoms. The smallest absolute Gasteiger partial charge is 0.00141 e. The molecule has 0 nitrogen and oxygen atoms in total. The third kappa shape index (κ3) is 13.1. The molecule has 0 amide bonds. The Labute approximate surface area is 112 Å². The van der Waals surface area contributed by atoms with E-state index in [4.69, 9.17) is 0 Å². The molecule has 0 saturated heterocycles. The van der Waals surface area contributed by atoms with Gasteiger partial charge < -0.3 is 0 Å². The largest absolute Gasteiger partial charge is 0.149 e. The van der Waals surface area contributed by atoms with E-state index < -0.39 is 0 Å². The van der Waals surface area contributed by atoms with Gasteiger partial charge in [0.05, 0.1) is 0 Å². The fourth-order valence-electron chi connectivity index (χ4n) is 0.938. The summed E-state index contributed by atoms with van der Waals surface area (Å²) in [5.74, 6) is 0. The van der Waals surface area contributed by atoms with Gasteiger partial charge in [-0.3, -0.25) is 0 Å². The summed E-state index contributed by atoms with van der Waals surface area (Å²) in [6, 6.07) is 4.16. The van der Waals surface area contributed by atoms with Crippen molar-refractivity contribution in [2.75, 3.05) is 0 Å². The Hall–Kier alpha value is -0.820. The normalized spacial score (nSPS) is 8.00. The van der Waals surface area contributed by atoms with Crippen LogP contribution in [0.25, 0.3) is 0 Å². The van der Waals surface area contributed by atoms with Crippen molar-refractivity contribution in [2.45, 2.75) is 55.4 Å². The monoisotopic (exact) mass is 252 g/mol.